The largest absolute Gasteiger partial charge is 0.456 e. The van der Waals surface area contributed by atoms with Gasteiger partial charge in [0, 0.05) is 72.3 Å². The van der Waals surface area contributed by atoms with Crippen LogP contribution in [0.15, 0.2) is 101 Å². The van der Waals surface area contributed by atoms with E-state index < -0.39 is 0 Å². The summed E-state index contributed by atoms with van der Waals surface area (Å²) in [5.41, 5.74) is 25.5. The Balaban J connectivity index is 1.25. The third kappa shape index (κ3) is 5.64. The minimum Gasteiger partial charge on any atom is -0.456 e. The number of rotatable bonds is 1. The van der Waals surface area contributed by atoms with Crippen LogP contribution in [0, 0.1) is 0 Å². The number of aromatic nitrogens is 1. The Bertz CT molecular complexity index is 3670. The van der Waals surface area contributed by atoms with Crippen molar-refractivity contribution in [3.8, 4) is 11.1 Å². The normalized spacial score (nSPS) is 20.1. The van der Waals surface area contributed by atoms with Gasteiger partial charge in [-0.25, -0.2) is 0 Å². The highest BCUT2D eigenvalue weighted by atomic mass is 16.3. The van der Waals surface area contributed by atoms with Gasteiger partial charge in [-0.05, 0) is 162 Å². The van der Waals surface area contributed by atoms with Crippen molar-refractivity contribution in [2.24, 2.45) is 0 Å². The lowest BCUT2D eigenvalue weighted by atomic mass is 9.40. The number of benzene rings is 6. The van der Waals surface area contributed by atoms with E-state index in [1.807, 2.05) is 0 Å². The Hall–Kier alpha value is -5.48. The van der Waals surface area contributed by atoms with E-state index in [0.717, 1.165) is 11.2 Å². The van der Waals surface area contributed by atoms with Crippen LogP contribution in [0.3, 0.4) is 0 Å². The van der Waals surface area contributed by atoms with Crippen LogP contribution in [0.5, 0.6) is 0 Å². The molecule has 6 aromatic carbocycles. The maximum absolute atomic E-state index is 7.15. The number of hydrogen-bond donors (Lipinski definition) is 0. The molecule has 8 aromatic rings. The molecule has 0 amide bonds. The summed E-state index contributed by atoms with van der Waals surface area (Å²) in [7, 11) is 0. The van der Waals surface area contributed by atoms with Gasteiger partial charge >= 0.3 is 6.85 Å². The second-order valence-corrected chi connectivity index (χ2v) is 27.5. The van der Waals surface area contributed by atoms with Crippen LogP contribution in [0.25, 0.3) is 60.6 Å². The van der Waals surface area contributed by atoms with Gasteiger partial charge in [0.05, 0.1) is 0 Å². The fraction of sp³-hybridized carbons (Fsp3) is 0.415. The first-order valence-corrected chi connectivity index (χ1v) is 26.2. The predicted octanol–water partition coefficient (Wildman–Crippen LogP) is 17.1. The molecule has 0 N–H and O–H groups in total. The molecule has 0 atom stereocenters. The number of anilines is 2. The molecular formula is C65H71BN2O. The molecule has 3 nitrogen and oxygen atoms in total. The van der Waals surface area contributed by atoms with Crippen LogP contribution in [-0.2, 0) is 37.9 Å². The van der Waals surface area contributed by atoms with E-state index >= 15 is 0 Å². The second kappa shape index (κ2) is 13.1. The molecule has 69 heavy (non-hydrogen) atoms. The van der Waals surface area contributed by atoms with Gasteiger partial charge < -0.3 is 13.8 Å². The molecule has 13 rings (SSSR count). The highest BCUT2D eigenvalue weighted by Crippen LogP contribution is 2.61. The van der Waals surface area contributed by atoms with Gasteiger partial charge in [-0.15, -0.1) is 0 Å². The van der Waals surface area contributed by atoms with Gasteiger partial charge in [-0.2, -0.15) is 0 Å². The zero-order chi connectivity index (χ0) is 48.7. The van der Waals surface area contributed by atoms with E-state index in [4.69, 9.17) is 4.42 Å². The van der Waals surface area contributed by atoms with Gasteiger partial charge in [0.25, 0.3) is 0 Å². The van der Waals surface area contributed by atoms with E-state index in [9.17, 15) is 0 Å². The Morgan fingerprint density at radius 3 is 1.80 bits per heavy atom. The average Bonchev–Trinajstić information content (AvgIpc) is 3.89. The maximum atomic E-state index is 7.15. The lowest BCUT2D eigenvalue weighted by Gasteiger charge is -2.45. The fourth-order valence-corrected chi connectivity index (χ4v) is 14.3. The first kappa shape index (κ1) is 43.5. The standard InChI is InChI=1S/C65H71BN2O/c1-59(2,3)36-21-24-49-40(29-36)41-30-37(60(4,5)6)31-43-54-53-39-19-17-18-20-51(39)69-52(53)35-50-55(54)66(68(49)56(41)43)58-57(67(50)38-22-23-44-46(32-38)62(9,10)26-25-61(44,7)8)42-33-47-48(34-45(42)65(58,15)16)64(13,14)28-27-63(47,11)12/h17-24,29-35H,25-28H2,1-16H3. The third-order valence-corrected chi connectivity index (χ3v) is 18.8. The minimum atomic E-state index is -0.310. The number of hydrogen-bond acceptors (Lipinski definition) is 2. The Labute approximate surface area is 411 Å². The van der Waals surface area contributed by atoms with Crippen LogP contribution < -0.4 is 10.4 Å². The number of furan rings is 1. The Morgan fingerprint density at radius 1 is 0.522 bits per heavy atom. The summed E-state index contributed by atoms with van der Waals surface area (Å²) in [6.07, 6.45) is 4.72. The van der Waals surface area contributed by atoms with Crippen molar-refractivity contribution in [1.29, 1.82) is 0 Å². The van der Waals surface area contributed by atoms with Gasteiger partial charge in [0.2, 0.25) is 0 Å². The van der Waals surface area contributed by atoms with E-state index in [0.29, 0.717) is 0 Å². The number of nitrogens with zero attached hydrogens (tertiary/aromatic N) is 2. The molecule has 3 aliphatic carbocycles. The molecule has 350 valence electrons. The molecule has 2 aliphatic heterocycles. The molecule has 0 radical (unpaired) electrons. The number of fused-ring (bicyclic) bond motifs is 14. The summed E-state index contributed by atoms with van der Waals surface area (Å²) in [6.45, 7) is 39.1. The van der Waals surface area contributed by atoms with E-state index in [-0.39, 0.29) is 44.8 Å². The molecule has 0 fully saturated rings. The van der Waals surface area contributed by atoms with Crippen LogP contribution >= 0.6 is 0 Å². The van der Waals surface area contributed by atoms with Crippen molar-refractivity contribution < 1.29 is 4.42 Å². The Kier molecular flexibility index (Phi) is 8.25. The van der Waals surface area contributed by atoms with E-state index in [1.165, 1.54) is 142 Å². The van der Waals surface area contributed by atoms with Crippen molar-refractivity contribution in [3.05, 3.63) is 141 Å². The van der Waals surface area contributed by atoms with Crippen molar-refractivity contribution in [3.63, 3.8) is 0 Å². The van der Waals surface area contributed by atoms with Gasteiger partial charge in [-0.3, -0.25) is 0 Å². The average molecular weight is 907 g/mol. The quantitative estimate of drug-likeness (QED) is 0.153. The van der Waals surface area contributed by atoms with Crippen LogP contribution in [0.2, 0.25) is 0 Å². The van der Waals surface area contributed by atoms with Gasteiger partial charge in [-0.1, -0.05) is 147 Å². The number of para-hydroxylation sites is 1. The topological polar surface area (TPSA) is 21.3 Å². The molecule has 0 saturated heterocycles. The van der Waals surface area contributed by atoms with Crippen molar-refractivity contribution in [2.75, 3.05) is 4.90 Å². The highest BCUT2D eigenvalue weighted by Gasteiger charge is 2.55. The second-order valence-electron chi connectivity index (χ2n) is 27.5. The fourth-order valence-electron chi connectivity index (χ4n) is 14.3. The smallest absolute Gasteiger partial charge is 0.329 e. The summed E-state index contributed by atoms with van der Waals surface area (Å²) in [4.78, 5) is 2.75. The maximum Gasteiger partial charge on any atom is 0.329 e. The molecule has 0 saturated carbocycles. The summed E-state index contributed by atoms with van der Waals surface area (Å²) >= 11 is 0. The highest BCUT2D eigenvalue weighted by molar-refractivity contribution is 6.86. The monoisotopic (exact) mass is 907 g/mol. The van der Waals surface area contributed by atoms with Crippen LogP contribution in [0.4, 0.5) is 11.4 Å². The Morgan fingerprint density at radius 2 is 1.13 bits per heavy atom. The summed E-state index contributed by atoms with van der Waals surface area (Å²) in [6, 6.07) is 36.8. The molecule has 0 bridgehead atoms. The van der Waals surface area contributed by atoms with Gasteiger partial charge in [0.15, 0.2) is 0 Å². The SMILES string of the molecule is CC(C)(C)c1ccc2c(c1)c1cc(C(C)(C)C)cc3c1n2B1C2=C(c4cc5c(cc4C2(C)C)C(C)(C)CCC5(C)C)N(c2ccc4c(c2)C(C)(C)CCC4(C)C)c2cc4oc5ccccc5c4c-3c21. The molecule has 4 heteroatoms. The predicted molar refractivity (Wildman–Crippen MR) is 296 cm³/mol. The lowest BCUT2D eigenvalue weighted by molar-refractivity contribution is 0.331. The zero-order valence-corrected chi connectivity index (χ0v) is 44.4. The first-order valence-electron chi connectivity index (χ1n) is 26.2. The minimum absolute atomic E-state index is 0.000706. The molecule has 0 spiro atoms. The molecule has 5 aliphatic rings. The van der Waals surface area contributed by atoms with E-state index in [2.05, 4.69) is 211 Å². The summed E-state index contributed by atoms with van der Waals surface area (Å²) < 4.78 is 9.97. The van der Waals surface area contributed by atoms with Crippen molar-refractivity contribution in [1.82, 2.24) is 4.48 Å². The van der Waals surface area contributed by atoms with Crippen molar-refractivity contribution >= 4 is 73.1 Å². The molecule has 2 aromatic heterocycles. The van der Waals surface area contributed by atoms with Crippen LogP contribution in [-0.4, -0.2) is 11.3 Å². The summed E-state index contributed by atoms with van der Waals surface area (Å²) in [5, 5.41) is 5.13. The number of allylic oxidation sites excluding steroid dienone is 1. The first-order chi connectivity index (χ1) is 32.2. The molecular weight excluding hydrogens is 836 g/mol. The van der Waals surface area contributed by atoms with Gasteiger partial charge in [0.1, 0.15) is 11.2 Å². The summed E-state index contributed by atoms with van der Waals surface area (Å²) in [5.74, 6) is 0. The third-order valence-electron chi connectivity index (χ3n) is 18.8. The zero-order valence-electron chi connectivity index (χ0n) is 44.4. The van der Waals surface area contributed by atoms with Crippen LogP contribution in [0.1, 0.15) is 181 Å². The van der Waals surface area contributed by atoms with E-state index in [1.54, 1.807) is 0 Å². The lowest BCUT2D eigenvalue weighted by Crippen LogP contribution is -2.52. The van der Waals surface area contributed by atoms with Crippen molar-refractivity contribution in [2.45, 2.75) is 174 Å². The molecule has 0 unspecified atom stereocenters. The molecule has 4 heterocycles.